The van der Waals surface area contributed by atoms with Crippen LogP contribution in [0.25, 0.3) is 11.3 Å². The molecule has 5 rings (SSSR count). The molecule has 2 aliphatic rings. The van der Waals surface area contributed by atoms with Gasteiger partial charge < -0.3 is 15.4 Å². The molecule has 0 radical (unpaired) electrons. The fourth-order valence-electron chi connectivity index (χ4n) is 5.02. The van der Waals surface area contributed by atoms with E-state index in [0.29, 0.717) is 17.4 Å². The molecule has 194 valence electrons. The number of anilines is 2. The van der Waals surface area contributed by atoms with Crippen molar-refractivity contribution in [3.8, 4) is 17.1 Å². The summed E-state index contributed by atoms with van der Waals surface area (Å²) in [6.45, 7) is 4.62. The maximum absolute atomic E-state index is 13.4. The van der Waals surface area contributed by atoms with Gasteiger partial charge in [-0.15, -0.1) is 0 Å². The molecule has 1 aliphatic carbocycles. The van der Waals surface area contributed by atoms with Crippen molar-refractivity contribution in [2.24, 2.45) is 0 Å². The van der Waals surface area contributed by atoms with Crippen LogP contribution in [0, 0.1) is 0 Å². The van der Waals surface area contributed by atoms with Gasteiger partial charge in [-0.1, -0.05) is 6.07 Å². The third-order valence-electron chi connectivity index (χ3n) is 6.89. The lowest BCUT2D eigenvalue weighted by Crippen LogP contribution is -2.50. The number of nitrogen functional groups attached to an aromatic ring is 1. The highest BCUT2D eigenvalue weighted by Gasteiger charge is 2.47. The van der Waals surface area contributed by atoms with Crippen molar-refractivity contribution in [1.29, 1.82) is 0 Å². The number of pyridine rings is 3. The maximum atomic E-state index is 13.4. The van der Waals surface area contributed by atoms with Crippen LogP contribution in [-0.4, -0.2) is 47.5 Å². The van der Waals surface area contributed by atoms with E-state index in [1.165, 1.54) is 18.2 Å². The van der Waals surface area contributed by atoms with Gasteiger partial charge in [0, 0.05) is 29.9 Å². The fourth-order valence-corrected chi connectivity index (χ4v) is 5.96. The summed E-state index contributed by atoms with van der Waals surface area (Å²) in [6.07, 6.45) is 6.86. The number of rotatable bonds is 7. The van der Waals surface area contributed by atoms with Gasteiger partial charge in [-0.25, -0.2) is 19.7 Å². The zero-order valence-electron chi connectivity index (χ0n) is 20.8. The van der Waals surface area contributed by atoms with Crippen LogP contribution < -0.4 is 20.1 Å². The molecule has 10 nitrogen and oxygen atoms in total. The van der Waals surface area contributed by atoms with Crippen molar-refractivity contribution < 1.29 is 17.9 Å². The number of aromatic nitrogens is 3. The van der Waals surface area contributed by atoms with E-state index < -0.39 is 15.9 Å². The molecule has 1 saturated carbocycles. The molecule has 3 aromatic rings. The number of hydrogen-bond acceptors (Lipinski definition) is 9. The first-order chi connectivity index (χ1) is 17.7. The molecule has 11 heteroatoms. The summed E-state index contributed by atoms with van der Waals surface area (Å²) in [5.74, 6) is 0.275. The molecule has 0 unspecified atom stereocenters. The molecule has 4 heterocycles. The number of hydrogen-bond donors (Lipinski definition) is 2. The van der Waals surface area contributed by atoms with Gasteiger partial charge in [0.25, 0.3) is 15.9 Å². The van der Waals surface area contributed by atoms with Crippen molar-refractivity contribution in [1.82, 2.24) is 19.7 Å². The SMILES string of the molecule is CC(C)Oc1ccc(-c2ccc(C(=O)NS(=O)(=O)c3cccc(N)n3)c(N3CCCC34CCC4)n2)cn1. The Morgan fingerprint density at radius 2 is 1.86 bits per heavy atom. The van der Waals surface area contributed by atoms with Crippen LogP contribution in [0.1, 0.15) is 56.3 Å². The lowest BCUT2D eigenvalue weighted by molar-refractivity contribution is 0.0981. The Morgan fingerprint density at radius 3 is 2.51 bits per heavy atom. The first-order valence-corrected chi connectivity index (χ1v) is 13.9. The molecule has 0 bridgehead atoms. The van der Waals surface area contributed by atoms with Crippen molar-refractivity contribution >= 4 is 27.6 Å². The Balaban J connectivity index is 1.51. The van der Waals surface area contributed by atoms with E-state index in [-0.39, 0.29) is 28.1 Å². The van der Waals surface area contributed by atoms with Crippen molar-refractivity contribution in [2.75, 3.05) is 17.2 Å². The van der Waals surface area contributed by atoms with Crippen molar-refractivity contribution in [3.05, 3.63) is 54.2 Å². The number of ether oxygens (including phenoxy) is 1. The van der Waals surface area contributed by atoms with E-state index in [1.54, 1.807) is 24.4 Å². The summed E-state index contributed by atoms with van der Waals surface area (Å²) in [7, 11) is -4.23. The van der Waals surface area contributed by atoms with Gasteiger partial charge >= 0.3 is 0 Å². The average molecular weight is 523 g/mol. The maximum Gasteiger partial charge on any atom is 0.281 e. The highest BCUT2D eigenvalue weighted by atomic mass is 32.2. The van der Waals surface area contributed by atoms with Crippen molar-refractivity contribution in [2.45, 2.75) is 62.6 Å². The Hall–Kier alpha value is -3.73. The molecular weight excluding hydrogens is 492 g/mol. The number of nitrogens with zero attached hydrogens (tertiary/aromatic N) is 4. The Bertz CT molecular complexity index is 1420. The molecule has 2 fully saturated rings. The lowest BCUT2D eigenvalue weighted by atomic mass is 9.75. The number of carbonyl (C=O) groups excluding carboxylic acids is 1. The largest absolute Gasteiger partial charge is 0.475 e. The molecule has 0 atom stereocenters. The summed E-state index contributed by atoms with van der Waals surface area (Å²) in [4.78, 5) is 28.7. The molecule has 37 heavy (non-hydrogen) atoms. The van der Waals surface area contributed by atoms with Gasteiger partial charge in [-0.3, -0.25) is 4.79 Å². The summed E-state index contributed by atoms with van der Waals surface area (Å²) in [6, 6.07) is 11.2. The van der Waals surface area contributed by atoms with Crippen LogP contribution in [0.3, 0.4) is 0 Å². The third-order valence-corrected chi connectivity index (χ3v) is 8.12. The molecule has 1 spiro atoms. The van der Waals surface area contributed by atoms with Crippen molar-refractivity contribution in [3.63, 3.8) is 0 Å². The van der Waals surface area contributed by atoms with Crippen LogP contribution in [0.4, 0.5) is 11.6 Å². The summed E-state index contributed by atoms with van der Waals surface area (Å²) in [5, 5.41) is -0.321. The predicted octanol–water partition coefficient (Wildman–Crippen LogP) is 3.55. The van der Waals surface area contributed by atoms with Crippen LogP contribution in [-0.2, 0) is 10.0 Å². The Labute approximate surface area is 216 Å². The monoisotopic (exact) mass is 522 g/mol. The van der Waals surface area contributed by atoms with Crippen LogP contribution in [0.5, 0.6) is 5.88 Å². The van der Waals surface area contributed by atoms with Crippen LogP contribution in [0.15, 0.2) is 53.7 Å². The predicted molar refractivity (Wildman–Crippen MR) is 140 cm³/mol. The van der Waals surface area contributed by atoms with Gasteiger partial charge in [0.2, 0.25) is 5.88 Å². The molecule has 1 amide bonds. The van der Waals surface area contributed by atoms with E-state index in [1.807, 2.05) is 19.9 Å². The number of carbonyl (C=O) groups is 1. The summed E-state index contributed by atoms with van der Waals surface area (Å²) >= 11 is 0. The highest BCUT2D eigenvalue weighted by molar-refractivity contribution is 7.90. The topological polar surface area (TPSA) is 140 Å². The second-order valence-electron chi connectivity index (χ2n) is 9.79. The normalized spacial score (nSPS) is 16.6. The number of sulfonamides is 1. The molecule has 3 aromatic heterocycles. The lowest BCUT2D eigenvalue weighted by Gasteiger charge is -2.47. The highest BCUT2D eigenvalue weighted by Crippen LogP contribution is 2.48. The quantitative estimate of drug-likeness (QED) is 0.476. The molecular formula is C26H30N6O4S. The summed E-state index contributed by atoms with van der Waals surface area (Å²) in [5.41, 5.74) is 7.20. The van der Waals surface area contributed by atoms with E-state index in [2.05, 4.69) is 19.6 Å². The average Bonchev–Trinajstić information content (AvgIpc) is 3.30. The van der Waals surface area contributed by atoms with Gasteiger partial charge in [0.15, 0.2) is 5.03 Å². The molecule has 3 N–H and O–H groups in total. The van der Waals surface area contributed by atoms with E-state index in [0.717, 1.165) is 44.2 Å². The van der Waals surface area contributed by atoms with Gasteiger partial charge in [0.1, 0.15) is 11.6 Å². The zero-order chi connectivity index (χ0) is 26.2. The zero-order valence-corrected chi connectivity index (χ0v) is 21.7. The fraction of sp³-hybridized carbons (Fsp3) is 0.385. The second-order valence-corrected chi connectivity index (χ2v) is 11.4. The van der Waals surface area contributed by atoms with Gasteiger partial charge in [0.05, 0.1) is 17.4 Å². The number of nitrogens with two attached hydrogens (primary N) is 1. The number of nitrogens with one attached hydrogen (secondary N) is 1. The van der Waals surface area contributed by atoms with Gasteiger partial charge in [-0.05, 0) is 76.3 Å². The third kappa shape index (κ3) is 4.95. The van der Waals surface area contributed by atoms with E-state index in [4.69, 9.17) is 15.5 Å². The molecule has 0 aromatic carbocycles. The Morgan fingerprint density at radius 1 is 1.08 bits per heavy atom. The first kappa shape index (κ1) is 24.9. The van der Waals surface area contributed by atoms with Crippen LogP contribution in [0.2, 0.25) is 0 Å². The van der Waals surface area contributed by atoms with E-state index in [9.17, 15) is 13.2 Å². The minimum Gasteiger partial charge on any atom is -0.475 e. The number of amides is 1. The smallest absolute Gasteiger partial charge is 0.281 e. The van der Waals surface area contributed by atoms with Crippen LogP contribution >= 0.6 is 0 Å². The summed E-state index contributed by atoms with van der Waals surface area (Å²) < 4.78 is 33.6. The van der Waals surface area contributed by atoms with E-state index >= 15 is 0 Å². The standard InChI is InChI=1S/C26H30N6O4S/c1-17(2)36-22-11-8-18(16-28-22)20-10-9-19(24(29-20)32-15-5-14-26(32)12-4-13-26)25(33)31-37(34,35)23-7-3-6-21(27)30-23/h3,6-11,16-17H,4-5,12-15H2,1-2H3,(H2,27,30)(H,31,33). The van der Waals surface area contributed by atoms with Gasteiger partial charge in [-0.2, -0.15) is 8.42 Å². The minimum absolute atomic E-state index is 0.00788. The Kier molecular flexibility index (Phi) is 6.49. The minimum atomic E-state index is -4.23. The molecule has 1 aliphatic heterocycles. The molecule has 1 saturated heterocycles. The first-order valence-electron chi connectivity index (χ1n) is 12.4. The second kappa shape index (κ2) is 9.62.